The first kappa shape index (κ1) is 20.4. The summed E-state index contributed by atoms with van der Waals surface area (Å²) in [5, 5.41) is 5.12. The average molecular weight is 401 g/mol. The fraction of sp³-hybridized carbons (Fsp3) is 0.286. The highest BCUT2D eigenvalue weighted by Crippen LogP contribution is 2.21. The van der Waals surface area contributed by atoms with E-state index in [1.807, 2.05) is 0 Å². The molecule has 3 amide bonds. The van der Waals surface area contributed by atoms with Crippen molar-refractivity contribution in [2.24, 2.45) is 0 Å². The number of anilines is 1. The van der Waals surface area contributed by atoms with E-state index in [4.69, 9.17) is 0 Å². The minimum Gasteiger partial charge on any atom is -0.348 e. The lowest BCUT2D eigenvalue weighted by Crippen LogP contribution is -2.38. The Morgan fingerprint density at radius 3 is 2.45 bits per heavy atom. The van der Waals surface area contributed by atoms with Crippen LogP contribution in [0.4, 0.5) is 14.5 Å². The number of nitrogens with zero attached hydrogens (tertiary/aromatic N) is 1. The molecular formula is C21H21F2N3O3. The van der Waals surface area contributed by atoms with Crippen LogP contribution in [0.15, 0.2) is 42.5 Å². The second-order valence-electron chi connectivity index (χ2n) is 6.84. The average Bonchev–Trinajstić information content (AvgIpc) is 3.14. The second-order valence-corrected chi connectivity index (χ2v) is 6.84. The van der Waals surface area contributed by atoms with Crippen LogP contribution in [0.2, 0.25) is 0 Å². The standard InChI is InChI=1S/C21H21F2N3O3/c1-13(15-6-9-17(22)18(23)11-15)25-19(27)12-24-21(29)14-4-7-16(8-5-14)26-10-2-3-20(26)28/h4-9,11,13H,2-3,10,12H2,1H3,(H,24,29)(H,25,27). The third-order valence-corrected chi connectivity index (χ3v) is 4.75. The molecule has 152 valence electrons. The number of carbonyl (C=O) groups is 3. The van der Waals surface area contributed by atoms with Crippen molar-refractivity contribution in [3.8, 4) is 0 Å². The molecule has 1 unspecified atom stereocenters. The van der Waals surface area contributed by atoms with Gasteiger partial charge in [0, 0.05) is 24.2 Å². The molecule has 2 aromatic carbocycles. The summed E-state index contributed by atoms with van der Waals surface area (Å²) >= 11 is 0. The summed E-state index contributed by atoms with van der Waals surface area (Å²) in [4.78, 5) is 37.7. The van der Waals surface area contributed by atoms with Crippen molar-refractivity contribution in [1.29, 1.82) is 0 Å². The topological polar surface area (TPSA) is 78.5 Å². The maximum atomic E-state index is 13.3. The Labute approximate surface area is 166 Å². The molecule has 0 aliphatic carbocycles. The number of nitrogens with one attached hydrogen (secondary N) is 2. The van der Waals surface area contributed by atoms with E-state index in [2.05, 4.69) is 10.6 Å². The Balaban J connectivity index is 1.51. The number of amides is 3. The maximum absolute atomic E-state index is 13.3. The van der Waals surface area contributed by atoms with Crippen LogP contribution >= 0.6 is 0 Å². The minimum atomic E-state index is -0.990. The van der Waals surface area contributed by atoms with Gasteiger partial charge in [-0.1, -0.05) is 6.07 Å². The molecule has 1 aliphatic heterocycles. The number of hydrogen-bond donors (Lipinski definition) is 2. The summed E-state index contributed by atoms with van der Waals surface area (Å²) < 4.78 is 26.3. The fourth-order valence-electron chi connectivity index (χ4n) is 3.13. The predicted octanol–water partition coefficient (Wildman–Crippen LogP) is 2.70. The Hall–Kier alpha value is -3.29. The van der Waals surface area contributed by atoms with Crippen molar-refractivity contribution in [2.75, 3.05) is 18.0 Å². The molecule has 0 aromatic heterocycles. The molecule has 1 atom stereocenters. The Morgan fingerprint density at radius 1 is 1.10 bits per heavy atom. The molecule has 6 nitrogen and oxygen atoms in total. The van der Waals surface area contributed by atoms with E-state index in [0.29, 0.717) is 24.1 Å². The van der Waals surface area contributed by atoms with Crippen LogP contribution in [0, 0.1) is 11.6 Å². The summed E-state index contributed by atoms with van der Waals surface area (Å²) in [7, 11) is 0. The van der Waals surface area contributed by atoms with Crippen molar-refractivity contribution in [3.05, 3.63) is 65.2 Å². The van der Waals surface area contributed by atoms with Crippen molar-refractivity contribution in [1.82, 2.24) is 10.6 Å². The van der Waals surface area contributed by atoms with Gasteiger partial charge in [-0.15, -0.1) is 0 Å². The van der Waals surface area contributed by atoms with Crippen LogP contribution in [0.5, 0.6) is 0 Å². The molecular weight excluding hydrogens is 380 g/mol. The van der Waals surface area contributed by atoms with Gasteiger partial charge in [-0.2, -0.15) is 0 Å². The van der Waals surface area contributed by atoms with Crippen molar-refractivity contribution >= 4 is 23.4 Å². The van der Waals surface area contributed by atoms with E-state index >= 15 is 0 Å². The molecule has 3 rings (SSSR count). The quantitative estimate of drug-likeness (QED) is 0.781. The summed E-state index contributed by atoms with van der Waals surface area (Å²) in [6, 6.07) is 9.43. The summed E-state index contributed by atoms with van der Waals surface area (Å²) in [6.07, 6.45) is 1.35. The van der Waals surface area contributed by atoms with Gasteiger partial charge in [-0.05, 0) is 55.3 Å². The van der Waals surface area contributed by atoms with E-state index in [-0.39, 0.29) is 12.5 Å². The monoisotopic (exact) mass is 401 g/mol. The van der Waals surface area contributed by atoms with Gasteiger partial charge in [0.25, 0.3) is 5.91 Å². The van der Waals surface area contributed by atoms with Gasteiger partial charge in [0.05, 0.1) is 12.6 Å². The third-order valence-electron chi connectivity index (χ3n) is 4.75. The molecule has 2 aromatic rings. The summed E-state index contributed by atoms with van der Waals surface area (Å²) in [5.41, 5.74) is 1.51. The number of hydrogen-bond acceptors (Lipinski definition) is 3. The van der Waals surface area contributed by atoms with Crippen LogP contribution in [0.3, 0.4) is 0 Å². The van der Waals surface area contributed by atoms with Crippen LogP contribution < -0.4 is 15.5 Å². The van der Waals surface area contributed by atoms with Crippen molar-refractivity contribution in [2.45, 2.75) is 25.8 Å². The van der Waals surface area contributed by atoms with Crippen LogP contribution in [-0.2, 0) is 9.59 Å². The van der Waals surface area contributed by atoms with E-state index in [1.165, 1.54) is 6.07 Å². The predicted molar refractivity (Wildman–Crippen MR) is 103 cm³/mol. The number of halogens is 2. The number of rotatable bonds is 6. The summed E-state index contributed by atoms with van der Waals surface area (Å²) in [5.74, 6) is -2.78. The van der Waals surface area contributed by atoms with E-state index in [0.717, 1.165) is 24.2 Å². The molecule has 29 heavy (non-hydrogen) atoms. The first-order chi connectivity index (χ1) is 13.8. The van der Waals surface area contributed by atoms with Crippen molar-refractivity contribution < 1.29 is 23.2 Å². The lowest BCUT2D eigenvalue weighted by atomic mass is 10.1. The Kier molecular flexibility index (Phi) is 6.21. The van der Waals surface area contributed by atoms with Crippen LogP contribution in [0.1, 0.15) is 41.7 Å². The van der Waals surface area contributed by atoms with Gasteiger partial charge < -0.3 is 15.5 Å². The smallest absolute Gasteiger partial charge is 0.251 e. The zero-order valence-electron chi connectivity index (χ0n) is 15.9. The van der Waals surface area contributed by atoms with E-state index in [9.17, 15) is 23.2 Å². The van der Waals surface area contributed by atoms with Gasteiger partial charge in [0.2, 0.25) is 11.8 Å². The highest BCUT2D eigenvalue weighted by atomic mass is 19.2. The first-order valence-corrected chi connectivity index (χ1v) is 9.28. The van der Waals surface area contributed by atoms with Crippen molar-refractivity contribution in [3.63, 3.8) is 0 Å². The van der Waals surface area contributed by atoms with Crippen LogP contribution in [0.25, 0.3) is 0 Å². The zero-order valence-corrected chi connectivity index (χ0v) is 15.9. The first-order valence-electron chi connectivity index (χ1n) is 9.28. The number of carbonyl (C=O) groups excluding carboxylic acids is 3. The molecule has 1 aliphatic rings. The highest BCUT2D eigenvalue weighted by Gasteiger charge is 2.21. The molecule has 0 spiro atoms. The zero-order chi connectivity index (χ0) is 21.0. The maximum Gasteiger partial charge on any atom is 0.251 e. The lowest BCUT2D eigenvalue weighted by Gasteiger charge is -2.16. The third kappa shape index (κ3) is 4.96. The highest BCUT2D eigenvalue weighted by molar-refractivity contribution is 5.98. The molecule has 8 heteroatoms. The van der Waals surface area contributed by atoms with Gasteiger partial charge in [-0.25, -0.2) is 8.78 Å². The molecule has 0 saturated carbocycles. The Bertz CT molecular complexity index is 931. The molecule has 1 heterocycles. The second kappa shape index (κ2) is 8.81. The van der Waals surface area contributed by atoms with Gasteiger partial charge in [-0.3, -0.25) is 14.4 Å². The molecule has 1 fully saturated rings. The largest absolute Gasteiger partial charge is 0.348 e. The molecule has 1 saturated heterocycles. The fourth-order valence-corrected chi connectivity index (χ4v) is 3.13. The SMILES string of the molecule is CC(NC(=O)CNC(=O)c1ccc(N2CCCC2=O)cc1)c1ccc(F)c(F)c1. The van der Waals surface area contributed by atoms with Gasteiger partial charge >= 0.3 is 0 Å². The lowest BCUT2D eigenvalue weighted by molar-refractivity contribution is -0.120. The van der Waals surface area contributed by atoms with E-state index < -0.39 is 29.5 Å². The normalized spacial score (nSPS) is 14.6. The Morgan fingerprint density at radius 2 is 1.83 bits per heavy atom. The summed E-state index contributed by atoms with van der Waals surface area (Å²) in [6.45, 7) is 2.03. The molecule has 0 radical (unpaired) electrons. The molecule has 0 bridgehead atoms. The molecule has 2 N–H and O–H groups in total. The van der Waals surface area contributed by atoms with E-state index in [1.54, 1.807) is 36.1 Å². The minimum absolute atomic E-state index is 0.0639. The van der Waals surface area contributed by atoms with Gasteiger partial charge in [0.1, 0.15) is 0 Å². The number of benzene rings is 2. The van der Waals surface area contributed by atoms with Crippen LogP contribution in [-0.4, -0.2) is 30.8 Å². The van der Waals surface area contributed by atoms with Gasteiger partial charge in [0.15, 0.2) is 11.6 Å².